The van der Waals surface area contributed by atoms with Crippen molar-refractivity contribution in [3.8, 4) is 0 Å². The van der Waals surface area contributed by atoms with Crippen LogP contribution in [0.3, 0.4) is 0 Å². The number of carbonyl (C=O) groups is 1. The minimum atomic E-state index is -5.21. The van der Waals surface area contributed by atoms with Crippen molar-refractivity contribution in [3.05, 3.63) is 0 Å². The first-order valence-corrected chi connectivity index (χ1v) is 6.15. The third-order valence-electron chi connectivity index (χ3n) is 4.43. The lowest BCUT2D eigenvalue weighted by molar-refractivity contribution is -0.401. The van der Waals surface area contributed by atoms with Crippen molar-refractivity contribution in [2.45, 2.75) is 56.3 Å². The van der Waals surface area contributed by atoms with Gasteiger partial charge in [-0.15, -0.1) is 0 Å². The van der Waals surface area contributed by atoms with Gasteiger partial charge in [-0.3, -0.25) is 4.79 Å². The Labute approximate surface area is 117 Å². The second-order valence-electron chi connectivity index (χ2n) is 5.88. The fourth-order valence-electron chi connectivity index (χ4n) is 2.90. The van der Waals surface area contributed by atoms with Gasteiger partial charge in [-0.2, -0.15) is 13.2 Å². The van der Waals surface area contributed by atoms with Crippen LogP contribution in [0.2, 0.25) is 0 Å². The zero-order chi connectivity index (χ0) is 16.4. The Hall–Kier alpha value is -0.940. The molecule has 1 saturated heterocycles. The van der Waals surface area contributed by atoms with Crippen LogP contribution in [0.4, 0.5) is 13.2 Å². The lowest BCUT2D eigenvalue weighted by Crippen LogP contribution is -2.86. The van der Waals surface area contributed by atoms with E-state index >= 15 is 0 Å². The van der Waals surface area contributed by atoms with Gasteiger partial charge in [0.25, 0.3) is 0 Å². The number of fused-ring (bicyclic) bond motifs is 1. The van der Waals surface area contributed by atoms with Gasteiger partial charge in [0.15, 0.2) is 6.29 Å². The molecule has 0 spiro atoms. The second-order valence-corrected chi connectivity index (χ2v) is 5.88. The fourth-order valence-corrected chi connectivity index (χ4v) is 2.90. The lowest BCUT2D eigenvalue weighted by atomic mass is 9.50. The SMILES string of the molecule is CC1(C)C(O)[C@H]2O[C@H](O)[C@H](NC(=O)C(F)(F)F)[C@@H](O)[C@]21O. The third kappa shape index (κ3) is 2.05. The molecular weight excluding hydrogens is 299 g/mol. The minimum Gasteiger partial charge on any atom is -0.390 e. The Morgan fingerprint density at radius 1 is 1.19 bits per heavy atom. The smallest absolute Gasteiger partial charge is 0.390 e. The minimum absolute atomic E-state index is 1.23. The highest BCUT2D eigenvalue weighted by atomic mass is 19.4. The molecule has 2 fully saturated rings. The molecule has 1 amide bonds. The number of hydrogen-bond acceptors (Lipinski definition) is 6. The zero-order valence-electron chi connectivity index (χ0n) is 11.1. The normalized spacial score (nSPS) is 45.5. The van der Waals surface area contributed by atoms with Crippen molar-refractivity contribution in [3.63, 3.8) is 0 Å². The van der Waals surface area contributed by atoms with E-state index < -0.39 is 53.7 Å². The Morgan fingerprint density at radius 2 is 1.71 bits per heavy atom. The number of aliphatic hydroxyl groups excluding tert-OH is 3. The number of aliphatic hydroxyl groups is 4. The maximum absolute atomic E-state index is 12.2. The number of hydrogen-bond donors (Lipinski definition) is 5. The van der Waals surface area contributed by atoms with Gasteiger partial charge in [0.2, 0.25) is 0 Å². The monoisotopic (exact) mass is 315 g/mol. The van der Waals surface area contributed by atoms with E-state index in [4.69, 9.17) is 4.74 Å². The average molecular weight is 315 g/mol. The summed E-state index contributed by atoms with van der Waals surface area (Å²) in [6, 6.07) is -1.88. The van der Waals surface area contributed by atoms with E-state index in [0.717, 1.165) is 0 Å². The molecule has 21 heavy (non-hydrogen) atoms. The quantitative estimate of drug-likeness (QED) is 0.391. The number of rotatable bonds is 1. The molecule has 1 heterocycles. The molecule has 0 aromatic heterocycles. The van der Waals surface area contributed by atoms with Crippen molar-refractivity contribution in [1.29, 1.82) is 0 Å². The van der Waals surface area contributed by atoms with Crippen molar-refractivity contribution < 1.29 is 43.1 Å². The molecule has 7 nitrogen and oxygen atoms in total. The van der Waals surface area contributed by atoms with Gasteiger partial charge in [-0.05, 0) is 0 Å². The molecule has 0 aromatic carbocycles. The molecule has 0 aromatic rings. The summed E-state index contributed by atoms with van der Waals surface area (Å²) in [5.41, 5.74) is -3.40. The predicted octanol–water partition coefficient (Wildman–Crippen LogP) is -1.76. The Bertz CT molecular complexity index is 456. The van der Waals surface area contributed by atoms with Crippen LogP contribution in [0.25, 0.3) is 0 Å². The molecule has 1 saturated carbocycles. The van der Waals surface area contributed by atoms with Gasteiger partial charge in [0.05, 0.1) is 6.10 Å². The average Bonchev–Trinajstić information content (AvgIpc) is 2.36. The van der Waals surface area contributed by atoms with Crippen LogP contribution < -0.4 is 5.32 Å². The van der Waals surface area contributed by atoms with Crippen LogP contribution >= 0.6 is 0 Å². The maximum atomic E-state index is 12.2. The second kappa shape index (κ2) is 4.53. The van der Waals surface area contributed by atoms with E-state index in [1.807, 2.05) is 0 Å². The maximum Gasteiger partial charge on any atom is 0.471 e. The molecular formula is C11H16F3NO6. The van der Waals surface area contributed by atoms with E-state index in [1.54, 1.807) is 0 Å². The fraction of sp³-hybridized carbons (Fsp3) is 0.909. The van der Waals surface area contributed by atoms with Gasteiger partial charge in [0.1, 0.15) is 23.9 Å². The molecule has 0 radical (unpaired) electrons. The van der Waals surface area contributed by atoms with Crippen molar-refractivity contribution in [1.82, 2.24) is 5.32 Å². The third-order valence-corrected chi connectivity index (χ3v) is 4.43. The van der Waals surface area contributed by atoms with E-state index in [0.29, 0.717) is 0 Å². The highest BCUT2D eigenvalue weighted by Crippen LogP contribution is 2.56. The van der Waals surface area contributed by atoms with E-state index in [1.165, 1.54) is 19.2 Å². The number of halogens is 3. The highest BCUT2D eigenvalue weighted by molar-refractivity contribution is 5.82. The zero-order valence-corrected chi connectivity index (χ0v) is 11.1. The summed E-state index contributed by atoms with van der Waals surface area (Å²) >= 11 is 0. The summed E-state index contributed by atoms with van der Waals surface area (Å²) in [4.78, 5) is 10.9. The largest absolute Gasteiger partial charge is 0.471 e. The Kier molecular flexibility index (Phi) is 3.54. The number of nitrogens with one attached hydrogen (secondary N) is 1. The number of alkyl halides is 3. The van der Waals surface area contributed by atoms with Crippen molar-refractivity contribution in [2.75, 3.05) is 0 Å². The van der Waals surface area contributed by atoms with Crippen LogP contribution in [0.1, 0.15) is 13.8 Å². The first-order chi connectivity index (χ1) is 9.35. The summed E-state index contributed by atoms with van der Waals surface area (Å²) < 4.78 is 41.6. The summed E-state index contributed by atoms with van der Waals surface area (Å²) in [7, 11) is 0. The molecule has 6 atom stereocenters. The molecule has 122 valence electrons. The Balaban J connectivity index is 2.24. The Morgan fingerprint density at radius 3 is 2.19 bits per heavy atom. The van der Waals surface area contributed by atoms with Crippen LogP contribution in [0.15, 0.2) is 0 Å². The highest BCUT2D eigenvalue weighted by Gasteiger charge is 2.75. The van der Waals surface area contributed by atoms with Crippen molar-refractivity contribution in [2.24, 2.45) is 5.41 Å². The standard InChI is InChI=1S/C11H16F3NO6/c1-9(2)5(17)6-10(9,20)4(16)3(7(18)21-6)15-8(19)11(12,13)14/h3-7,16-18,20H,1-2H3,(H,15,19)/t3-,4-,5?,6-,7+,10+/m1/s1. The first kappa shape index (κ1) is 16.4. The van der Waals surface area contributed by atoms with E-state index in [-0.39, 0.29) is 0 Å². The molecule has 2 rings (SSSR count). The first-order valence-electron chi connectivity index (χ1n) is 6.15. The summed E-state index contributed by atoms with van der Waals surface area (Å²) in [6.45, 7) is 2.75. The molecule has 5 N–H and O–H groups in total. The molecule has 2 aliphatic rings. The predicted molar refractivity (Wildman–Crippen MR) is 59.6 cm³/mol. The van der Waals surface area contributed by atoms with Crippen molar-refractivity contribution >= 4 is 5.91 Å². The molecule has 0 bridgehead atoms. The number of ether oxygens (including phenoxy) is 1. The molecule has 10 heteroatoms. The topological polar surface area (TPSA) is 119 Å². The molecule has 1 unspecified atom stereocenters. The summed E-state index contributed by atoms with van der Waals surface area (Å²) in [5, 5.41) is 41.3. The van der Waals surface area contributed by atoms with Gasteiger partial charge in [-0.1, -0.05) is 13.8 Å². The van der Waals surface area contributed by atoms with E-state index in [9.17, 15) is 38.4 Å². The number of carbonyl (C=O) groups excluding carboxylic acids is 1. The van der Waals surface area contributed by atoms with Crippen LogP contribution in [0, 0.1) is 5.41 Å². The molecule has 1 aliphatic heterocycles. The van der Waals surface area contributed by atoms with E-state index in [2.05, 4.69) is 0 Å². The number of amides is 1. The summed E-state index contributed by atoms with van der Waals surface area (Å²) in [5.74, 6) is -2.38. The molecule has 1 aliphatic carbocycles. The van der Waals surface area contributed by atoms with Gasteiger partial charge >= 0.3 is 12.1 Å². The van der Waals surface area contributed by atoms with Gasteiger partial charge in [-0.25, -0.2) is 0 Å². The lowest BCUT2D eigenvalue weighted by Gasteiger charge is -2.66. The van der Waals surface area contributed by atoms with Gasteiger partial charge in [0, 0.05) is 5.41 Å². The van der Waals surface area contributed by atoms with Crippen LogP contribution in [0.5, 0.6) is 0 Å². The van der Waals surface area contributed by atoms with Crippen LogP contribution in [-0.2, 0) is 9.53 Å². The summed E-state index contributed by atoms with van der Waals surface area (Å²) in [6.07, 6.45) is -11.8. The van der Waals surface area contributed by atoms with Crippen LogP contribution in [-0.4, -0.2) is 68.8 Å². The van der Waals surface area contributed by atoms with Gasteiger partial charge < -0.3 is 30.5 Å².